The van der Waals surface area contributed by atoms with Crippen molar-refractivity contribution >= 4 is 12.1 Å². The molecule has 2 aromatic rings. The number of carbonyl (C=O) groups excluding carboxylic acids is 1. The SMILES string of the molecule is CC(C)(C)C12CC(C(NC(=O)OCC3c4ccccc4-c4ccccc43)C(=O)O)(C1)C2. The molecular weight excluding hydrogens is 390 g/mol. The molecule has 3 fully saturated rings. The van der Waals surface area contributed by atoms with Crippen LogP contribution in [-0.4, -0.2) is 29.8 Å². The summed E-state index contributed by atoms with van der Waals surface area (Å²) in [7, 11) is 0. The predicted molar refractivity (Wildman–Crippen MR) is 118 cm³/mol. The molecule has 162 valence electrons. The van der Waals surface area contributed by atoms with Crippen molar-refractivity contribution in [1.82, 2.24) is 5.32 Å². The second-order valence-electron chi connectivity index (χ2n) is 10.7. The maximum absolute atomic E-state index is 12.6. The van der Waals surface area contributed by atoms with Crippen LogP contribution in [0.4, 0.5) is 4.79 Å². The van der Waals surface area contributed by atoms with E-state index in [0.717, 1.165) is 41.5 Å². The number of carbonyl (C=O) groups is 2. The van der Waals surface area contributed by atoms with Gasteiger partial charge in [0.05, 0.1) is 0 Å². The highest BCUT2D eigenvalue weighted by molar-refractivity contribution is 5.82. The molecule has 5 nitrogen and oxygen atoms in total. The van der Waals surface area contributed by atoms with Crippen molar-refractivity contribution in [2.24, 2.45) is 16.2 Å². The van der Waals surface area contributed by atoms with Gasteiger partial charge in [-0.2, -0.15) is 0 Å². The molecule has 0 heterocycles. The molecule has 6 rings (SSSR count). The van der Waals surface area contributed by atoms with Crippen LogP contribution < -0.4 is 5.32 Å². The zero-order chi connectivity index (χ0) is 22.0. The molecule has 3 saturated carbocycles. The third-order valence-electron chi connectivity index (χ3n) is 8.13. The molecule has 5 heteroatoms. The lowest BCUT2D eigenvalue weighted by atomic mass is 9.28. The van der Waals surface area contributed by atoms with Gasteiger partial charge in [0.25, 0.3) is 0 Å². The fraction of sp³-hybridized carbons (Fsp3) is 0.462. The average Bonchev–Trinajstić information content (AvgIpc) is 2.96. The van der Waals surface area contributed by atoms with E-state index in [1.54, 1.807) is 0 Å². The molecule has 0 spiro atoms. The van der Waals surface area contributed by atoms with Crippen molar-refractivity contribution in [2.45, 2.75) is 52.0 Å². The third-order valence-corrected chi connectivity index (χ3v) is 8.13. The lowest BCUT2D eigenvalue weighted by molar-refractivity contribution is -0.271. The van der Waals surface area contributed by atoms with Gasteiger partial charge in [0.15, 0.2) is 0 Å². The fourth-order valence-corrected chi connectivity index (χ4v) is 6.20. The third kappa shape index (κ3) is 2.89. The van der Waals surface area contributed by atoms with Crippen molar-refractivity contribution in [3.63, 3.8) is 0 Å². The number of fused-ring (bicyclic) bond motifs is 3. The predicted octanol–water partition coefficient (Wildman–Crippen LogP) is 5.19. The smallest absolute Gasteiger partial charge is 0.407 e. The Labute approximate surface area is 182 Å². The Balaban J connectivity index is 1.26. The summed E-state index contributed by atoms with van der Waals surface area (Å²) in [6, 6.07) is 15.4. The number of ether oxygens (including phenoxy) is 1. The number of benzene rings is 2. The summed E-state index contributed by atoms with van der Waals surface area (Å²) >= 11 is 0. The molecule has 2 N–H and O–H groups in total. The molecule has 2 aromatic carbocycles. The van der Waals surface area contributed by atoms with E-state index in [9.17, 15) is 14.7 Å². The summed E-state index contributed by atoms with van der Waals surface area (Å²) in [5, 5.41) is 12.5. The Morgan fingerprint density at radius 3 is 2.03 bits per heavy atom. The normalized spacial score (nSPS) is 26.7. The van der Waals surface area contributed by atoms with Gasteiger partial charge in [-0.05, 0) is 52.3 Å². The first-order valence-electron chi connectivity index (χ1n) is 11.0. The molecule has 1 unspecified atom stereocenters. The standard InChI is InChI=1S/C26H29NO4/c1-24(2,3)26-13-25(14-26,15-26)21(22(28)29)27-23(30)31-12-20-18-10-6-4-8-16(18)17-9-5-7-11-19(17)20/h4-11,20-21H,12-15H2,1-3H3,(H,27,30)(H,28,29). The Kier molecular flexibility index (Phi) is 4.27. The number of carboxylic acid groups (broad SMARTS) is 1. The molecule has 0 saturated heterocycles. The van der Waals surface area contributed by atoms with E-state index in [1.807, 2.05) is 24.3 Å². The van der Waals surface area contributed by atoms with Crippen LogP contribution in [0.2, 0.25) is 0 Å². The largest absolute Gasteiger partial charge is 0.480 e. The van der Waals surface area contributed by atoms with E-state index in [1.165, 1.54) is 0 Å². The van der Waals surface area contributed by atoms with Gasteiger partial charge in [-0.1, -0.05) is 69.3 Å². The Bertz CT molecular complexity index is 1000. The van der Waals surface area contributed by atoms with Gasteiger partial charge in [-0.3, -0.25) is 0 Å². The zero-order valence-corrected chi connectivity index (χ0v) is 18.3. The van der Waals surface area contributed by atoms with Crippen LogP contribution >= 0.6 is 0 Å². The van der Waals surface area contributed by atoms with Gasteiger partial charge < -0.3 is 15.2 Å². The van der Waals surface area contributed by atoms with Crippen LogP contribution in [0.15, 0.2) is 48.5 Å². The van der Waals surface area contributed by atoms with Gasteiger partial charge in [0.1, 0.15) is 12.6 Å². The zero-order valence-electron chi connectivity index (χ0n) is 18.3. The van der Waals surface area contributed by atoms with E-state index in [0.29, 0.717) is 0 Å². The molecular formula is C26H29NO4. The summed E-state index contributed by atoms with van der Waals surface area (Å²) in [5.74, 6) is -1.02. The number of carboxylic acids is 1. The van der Waals surface area contributed by atoms with Gasteiger partial charge >= 0.3 is 12.1 Å². The lowest BCUT2D eigenvalue weighted by Gasteiger charge is -2.77. The minimum absolute atomic E-state index is 0.0412. The van der Waals surface area contributed by atoms with Gasteiger partial charge in [0, 0.05) is 11.3 Å². The Hall–Kier alpha value is -2.82. The number of aliphatic carboxylic acids is 1. The van der Waals surface area contributed by atoms with E-state index < -0.39 is 18.1 Å². The van der Waals surface area contributed by atoms with Gasteiger partial charge in [-0.15, -0.1) is 0 Å². The average molecular weight is 420 g/mol. The molecule has 0 aliphatic heterocycles. The quantitative estimate of drug-likeness (QED) is 0.699. The first-order chi connectivity index (χ1) is 14.7. The highest BCUT2D eigenvalue weighted by atomic mass is 16.5. The van der Waals surface area contributed by atoms with Crippen LogP contribution in [-0.2, 0) is 9.53 Å². The molecule has 1 amide bonds. The van der Waals surface area contributed by atoms with Crippen molar-refractivity contribution in [1.29, 1.82) is 0 Å². The monoisotopic (exact) mass is 419 g/mol. The number of amides is 1. The van der Waals surface area contributed by atoms with E-state index in [2.05, 4.69) is 50.4 Å². The summed E-state index contributed by atoms with van der Waals surface area (Å²) in [6.45, 7) is 6.83. The Morgan fingerprint density at radius 1 is 1.03 bits per heavy atom. The van der Waals surface area contributed by atoms with Crippen LogP contribution in [0.1, 0.15) is 57.1 Å². The van der Waals surface area contributed by atoms with Crippen LogP contribution in [0.3, 0.4) is 0 Å². The maximum Gasteiger partial charge on any atom is 0.407 e. The van der Waals surface area contributed by atoms with E-state index in [-0.39, 0.29) is 28.8 Å². The number of alkyl carbamates (subject to hydrolysis) is 1. The molecule has 31 heavy (non-hydrogen) atoms. The van der Waals surface area contributed by atoms with Gasteiger partial charge in [0.2, 0.25) is 0 Å². The number of nitrogens with one attached hydrogen (secondary N) is 1. The number of hydrogen-bond donors (Lipinski definition) is 2. The van der Waals surface area contributed by atoms with Gasteiger partial charge in [-0.25, -0.2) is 9.59 Å². The first-order valence-corrected chi connectivity index (χ1v) is 11.0. The maximum atomic E-state index is 12.6. The molecule has 1 atom stereocenters. The topological polar surface area (TPSA) is 75.6 Å². The summed E-state index contributed by atoms with van der Waals surface area (Å²) in [5.41, 5.74) is 4.64. The van der Waals surface area contributed by atoms with E-state index in [4.69, 9.17) is 4.74 Å². The first kappa shape index (κ1) is 20.1. The summed E-state index contributed by atoms with van der Waals surface area (Å²) < 4.78 is 5.58. The van der Waals surface area contributed by atoms with Crippen molar-refractivity contribution in [3.05, 3.63) is 59.7 Å². The fourth-order valence-electron chi connectivity index (χ4n) is 6.20. The highest BCUT2D eigenvalue weighted by Crippen LogP contribution is 2.80. The van der Waals surface area contributed by atoms with E-state index >= 15 is 0 Å². The summed E-state index contributed by atoms with van der Waals surface area (Å²) in [4.78, 5) is 24.6. The van der Waals surface area contributed by atoms with Crippen molar-refractivity contribution < 1.29 is 19.4 Å². The minimum atomic E-state index is -0.976. The minimum Gasteiger partial charge on any atom is -0.480 e. The second kappa shape index (κ2) is 6.59. The highest BCUT2D eigenvalue weighted by Gasteiger charge is 2.75. The molecule has 0 radical (unpaired) electrons. The lowest BCUT2D eigenvalue weighted by Crippen LogP contribution is -2.74. The molecule has 4 aliphatic rings. The molecule has 4 aliphatic carbocycles. The molecule has 0 aromatic heterocycles. The van der Waals surface area contributed by atoms with Crippen LogP contribution in [0.25, 0.3) is 11.1 Å². The van der Waals surface area contributed by atoms with Crippen molar-refractivity contribution in [2.75, 3.05) is 6.61 Å². The number of rotatable bonds is 5. The van der Waals surface area contributed by atoms with Crippen LogP contribution in [0.5, 0.6) is 0 Å². The Morgan fingerprint density at radius 2 is 1.55 bits per heavy atom. The second-order valence-corrected chi connectivity index (χ2v) is 10.7. The van der Waals surface area contributed by atoms with Crippen molar-refractivity contribution in [3.8, 4) is 11.1 Å². The van der Waals surface area contributed by atoms with Crippen LogP contribution in [0, 0.1) is 16.2 Å². The molecule has 2 bridgehead atoms. The summed E-state index contributed by atoms with van der Waals surface area (Å²) in [6.07, 6.45) is 1.90. The number of hydrogen-bond acceptors (Lipinski definition) is 3.